The number of aliphatic hydroxyl groups excluding tert-OH is 1. The third-order valence-corrected chi connectivity index (χ3v) is 8.64. The average Bonchev–Trinajstić information content (AvgIpc) is 3.39. The molecular weight excluding hydrogens is 651 g/mol. The SMILES string of the molecule is CS(=O)Nc1ccc(N=C(N)C(C(=O)[NH2+]Cc2ccc(F)cc2)=C(O)C(=[NH2+])c2cccs2)c(P(O)I)c1. The number of amides is 1. The second kappa shape index (κ2) is 13.3. The van der Waals surface area contributed by atoms with Gasteiger partial charge in [-0.15, -0.1) is 11.3 Å². The molecule has 2 unspecified atom stereocenters. The van der Waals surface area contributed by atoms with Crippen molar-refractivity contribution < 1.29 is 34.1 Å². The van der Waals surface area contributed by atoms with E-state index in [0.29, 0.717) is 21.4 Å². The molecule has 0 fully saturated rings. The Labute approximate surface area is 233 Å². The molecule has 0 aliphatic heterocycles. The van der Waals surface area contributed by atoms with Gasteiger partial charge in [0.15, 0.2) is 5.57 Å². The Morgan fingerprint density at radius 2 is 2.00 bits per heavy atom. The minimum absolute atomic E-state index is 0.0461. The average molecular weight is 675 g/mol. The van der Waals surface area contributed by atoms with Gasteiger partial charge >= 0.3 is 5.91 Å². The van der Waals surface area contributed by atoms with E-state index in [2.05, 4.69) is 9.71 Å². The van der Waals surface area contributed by atoms with Crippen molar-refractivity contribution >= 4 is 84.3 Å². The van der Waals surface area contributed by atoms with Gasteiger partial charge in [-0.05, 0) is 63.8 Å². The predicted molar refractivity (Wildman–Crippen MR) is 155 cm³/mol. The van der Waals surface area contributed by atoms with Crippen LogP contribution in [0.15, 0.2) is 76.3 Å². The first-order chi connectivity index (χ1) is 17.6. The quantitative estimate of drug-likeness (QED) is 0.0475. The highest BCUT2D eigenvalue weighted by molar-refractivity contribution is 14.2. The number of aliphatic hydroxyl groups is 1. The minimum atomic E-state index is -1.68. The van der Waals surface area contributed by atoms with Crippen molar-refractivity contribution in [3.8, 4) is 0 Å². The van der Waals surface area contributed by atoms with Crippen molar-refractivity contribution in [1.29, 1.82) is 0 Å². The summed E-state index contributed by atoms with van der Waals surface area (Å²) in [5.74, 6) is -3.56. The molecule has 3 rings (SSSR count). The first kappa shape index (κ1) is 29.0. The molecule has 3 aromatic rings. The second-order valence-corrected chi connectivity index (χ2v) is 13.3. The molecule has 194 valence electrons. The van der Waals surface area contributed by atoms with E-state index in [-0.39, 0.29) is 29.4 Å². The number of carbonyl (C=O) groups excluding carboxylic acids is 1. The first-order valence-corrected chi connectivity index (χ1v) is 17.0. The Kier molecular flexibility index (Phi) is 10.4. The number of primary amides is 1. The van der Waals surface area contributed by atoms with E-state index >= 15 is 0 Å². The molecule has 9 nitrogen and oxygen atoms in total. The summed E-state index contributed by atoms with van der Waals surface area (Å²) in [7, 11) is -1.33. The van der Waals surface area contributed by atoms with Gasteiger partial charge in [0.05, 0.1) is 5.69 Å². The number of carbonyl (C=O) groups is 1. The van der Waals surface area contributed by atoms with Crippen molar-refractivity contribution in [2.45, 2.75) is 6.54 Å². The number of nitrogens with zero attached hydrogens (tertiary/aromatic N) is 1. The molecule has 14 heteroatoms. The number of anilines is 1. The predicted octanol–water partition coefficient (Wildman–Crippen LogP) is 1.30. The van der Waals surface area contributed by atoms with Crippen molar-refractivity contribution in [2.75, 3.05) is 11.0 Å². The van der Waals surface area contributed by atoms with Gasteiger partial charge in [0, 0.05) is 22.8 Å². The van der Waals surface area contributed by atoms with Crippen LogP contribution in [0.4, 0.5) is 15.8 Å². The molecule has 0 saturated carbocycles. The summed E-state index contributed by atoms with van der Waals surface area (Å²) in [4.78, 5) is 28.5. The van der Waals surface area contributed by atoms with Crippen molar-refractivity contribution in [3.05, 3.63) is 87.6 Å². The molecule has 0 aliphatic rings. The van der Waals surface area contributed by atoms with Gasteiger partial charge in [0.2, 0.25) is 5.76 Å². The first-order valence-electron chi connectivity index (χ1n) is 10.5. The Morgan fingerprint density at radius 1 is 1.30 bits per heavy atom. The number of nitrogens with two attached hydrogens (primary N) is 3. The van der Waals surface area contributed by atoms with Crippen LogP contribution in [0.3, 0.4) is 0 Å². The Balaban J connectivity index is 2.02. The number of quaternary nitrogens is 1. The zero-order chi connectivity index (χ0) is 27.1. The maximum atomic E-state index is 13.3. The number of hydrogen-bond acceptors (Lipinski definition) is 6. The zero-order valence-electron chi connectivity index (χ0n) is 19.4. The lowest BCUT2D eigenvalue weighted by atomic mass is 10.1. The molecule has 0 aliphatic carbocycles. The standard InChI is InChI=1S/C23H22FIN5O4PS2/c1-37(34)30-15-8-9-16(17(11-15)35(25)33)29-22(27)19(21(31)20(26)18-3-2-10-36-18)23(32)28-12-13-4-6-14(24)7-5-13/h2-11,26,30-31,33H,12H2,1H3,(H2,27,29)(H,28,32)/p+2. The number of thiophene rings is 1. The molecule has 0 saturated heterocycles. The van der Waals surface area contributed by atoms with E-state index < -0.39 is 34.3 Å². The Morgan fingerprint density at radius 3 is 2.59 bits per heavy atom. The summed E-state index contributed by atoms with van der Waals surface area (Å²) < 4.78 is 27.5. The van der Waals surface area contributed by atoms with Gasteiger partial charge in [0.25, 0.3) is 5.71 Å². The van der Waals surface area contributed by atoms with Crippen LogP contribution >= 0.6 is 39.2 Å². The van der Waals surface area contributed by atoms with Crippen molar-refractivity contribution in [3.63, 3.8) is 0 Å². The lowest BCUT2D eigenvalue weighted by Crippen LogP contribution is -2.87. The number of benzene rings is 2. The van der Waals surface area contributed by atoms with Crippen LogP contribution in [0, 0.1) is 5.82 Å². The number of nitrogens with one attached hydrogen (secondary N) is 1. The summed E-state index contributed by atoms with van der Waals surface area (Å²) in [6, 6.07) is 13.8. The summed E-state index contributed by atoms with van der Waals surface area (Å²) in [6.45, 7) is 0.150. The van der Waals surface area contributed by atoms with Crippen LogP contribution in [0.2, 0.25) is 0 Å². The maximum absolute atomic E-state index is 13.3. The van der Waals surface area contributed by atoms with Gasteiger partial charge in [-0.2, -0.15) is 0 Å². The number of amidine groups is 1. The second-order valence-electron chi connectivity index (χ2n) is 7.53. The highest BCUT2D eigenvalue weighted by Gasteiger charge is 2.29. The largest absolute Gasteiger partial charge is 0.501 e. The normalized spacial score (nSPS) is 14.0. The molecule has 2 atom stereocenters. The molecule has 9 N–H and O–H groups in total. The van der Waals surface area contributed by atoms with E-state index in [1.54, 1.807) is 47.8 Å². The molecule has 1 amide bonds. The number of allylic oxidation sites excluding steroid dienone is 1. The van der Waals surface area contributed by atoms with Gasteiger partial charge in [-0.3, -0.25) is 5.32 Å². The fourth-order valence-corrected chi connectivity index (χ4v) is 6.02. The fraction of sp³-hybridized carbons (Fsp3) is 0.0870. The summed E-state index contributed by atoms with van der Waals surface area (Å²) in [5, 5.41) is 20.6. The molecule has 0 bridgehead atoms. The van der Waals surface area contributed by atoms with Crippen LogP contribution in [0.25, 0.3) is 0 Å². The molecule has 1 heterocycles. The Bertz CT molecular complexity index is 1380. The number of rotatable bonds is 10. The van der Waals surface area contributed by atoms with Crippen LogP contribution in [0.1, 0.15) is 10.4 Å². The van der Waals surface area contributed by atoms with Crippen LogP contribution in [-0.2, 0) is 22.3 Å². The van der Waals surface area contributed by atoms with E-state index in [1.807, 2.05) is 22.0 Å². The monoisotopic (exact) mass is 675 g/mol. The van der Waals surface area contributed by atoms with Crippen molar-refractivity contribution in [2.24, 2.45) is 10.7 Å². The number of halogens is 2. The zero-order valence-corrected chi connectivity index (χ0v) is 24.1. The lowest BCUT2D eigenvalue weighted by Gasteiger charge is -2.12. The van der Waals surface area contributed by atoms with E-state index in [0.717, 1.165) is 0 Å². The number of aliphatic imine (C=N–C) groups is 1. The van der Waals surface area contributed by atoms with Crippen LogP contribution in [-0.4, -0.2) is 37.9 Å². The Hall–Kier alpha value is -2.55. The maximum Gasteiger partial charge on any atom is 0.350 e. The van der Waals surface area contributed by atoms with E-state index in [4.69, 9.17) is 11.1 Å². The molecule has 1 aromatic heterocycles. The third-order valence-electron chi connectivity index (χ3n) is 4.89. The van der Waals surface area contributed by atoms with Crippen LogP contribution < -0.4 is 26.5 Å². The number of hydrogen-bond donors (Lipinski definition) is 6. The van der Waals surface area contributed by atoms with Crippen molar-refractivity contribution in [1.82, 2.24) is 0 Å². The van der Waals surface area contributed by atoms with Gasteiger partial charge < -0.3 is 20.5 Å². The highest BCUT2D eigenvalue weighted by Crippen LogP contribution is 2.42. The lowest BCUT2D eigenvalue weighted by molar-refractivity contribution is -0.581. The third kappa shape index (κ3) is 7.97. The smallest absolute Gasteiger partial charge is 0.350 e. The topological polar surface area (TPSA) is 167 Å². The molecule has 0 radical (unpaired) electrons. The van der Waals surface area contributed by atoms with Gasteiger partial charge in [0.1, 0.15) is 39.9 Å². The molecular formula is C23H24FIN5O4PS2+2. The van der Waals surface area contributed by atoms with Crippen LogP contribution in [0.5, 0.6) is 0 Å². The molecule has 0 spiro atoms. The summed E-state index contributed by atoms with van der Waals surface area (Å²) in [5.41, 5.74) is 7.34. The van der Waals surface area contributed by atoms with E-state index in [1.165, 1.54) is 35.0 Å². The summed E-state index contributed by atoms with van der Waals surface area (Å²) >= 11 is 3.11. The summed E-state index contributed by atoms with van der Waals surface area (Å²) in [6.07, 6.45) is 1.47. The van der Waals surface area contributed by atoms with Gasteiger partial charge in [-0.25, -0.2) is 23.8 Å². The fourth-order valence-electron chi connectivity index (χ4n) is 3.16. The molecule has 37 heavy (non-hydrogen) atoms. The molecule has 2 aromatic carbocycles. The highest BCUT2D eigenvalue weighted by atomic mass is 127. The van der Waals surface area contributed by atoms with Gasteiger partial charge in [-0.1, -0.05) is 18.2 Å². The van der Waals surface area contributed by atoms with E-state index in [9.17, 15) is 23.4 Å². The minimum Gasteiger partial charge on any atom is -0.501 e.